The molecule has 0 amide bonds. The molecule has 1 heterocycles. The van der Waals surface area contributed by atoms with Gasteiger partial charge in [-0.15, -0.1) is 35.3 Å². The van der Waals surface area contributed by atoms with Gasteiger partial charge in [-0.3, -0.25) is 4.99 Å². The normalized spacial score (nSPS) is 11.0. The Labute approximate surface area is 161 Å². The van der Waals surface area contributed by atoms with E-state index in [-0.39, 0.29) is 24.0 Å². The van der Waals surface area contributed by atoms with Gasteiger partial charge < -0.3 is 10.6 Å². The van der Waals surface area contributed by atoms with Crippen LogP contribution in [0.5, 0.6) is 0 Å². The molecule has 7 heteroatoms. The maximum Gasteiger partial charge on any atom is 0.191 e. The van der Waals surface area contributed by atoms with Crippen molar-refractivity contribution in [3.05, 3.63) is 49.9 Å². The van der Waals surface area contributed by atoms with E-state index in [9.17, 15) is 0 Å². The summed E-state index contributed by atoms with van der Waals surface area (Å²) < 4.78 is 1.08. The van der Waals surface area contributed by atoms with Crippen LogP contribution in [0.3, 0.4) is 0 Å². The second kappa shape index (κ2) is 9.46. The molecule has 0 aliphatic heterocycles. The van der Waals surface area contributed by atoms with Crippen LogP contribution in [-0.4, -0.2) is 18.0 Å². The van der Waals surface area contributed by atoms with E-state index in [2.05, 4.69) is 48.7 Å². The standard InChI is InChI=1S/C15H19BrN4S.HI/c1-10-14(21-11(2)20-10)9-19-15(17-3)18-8-12-5-4-6-13(16)7-12;/h4-7H,8-9H2,1-3H3,(H2,17,18,19);1H. The third-order valence-electron chi connectivity index (χ3n) is 2.99. The fraction of sp³-hybridized carbons (Fsp3) is 0.333. The van der Waals surface area contributed by atoms with Crippen LogP contribution in [0.15, 0.2) is 33.7 Å². The van der Waals surface area contributed by atoms with Crippen LogP contribution in [0, 0.1) is 13.8 Å². The molecule has 0 aliphatic rings. The van der Waals surface area contributed by atoms with Gasteiger partial charge in [-0.1, -0.05) is 28.1 Å². The molecule has 22 heavy (non-hydrogen) atoms. The summed E-state index contributed by atoms with van der Waals surface area (Å²) in [5.41, 5.74) is 2.30. The average Bonchev–Trinajstić information content (AvgIpc) is 2.77. The smallest absolute Gasteiger partial charge is 0.191 e. The van der Waals surface area contributed by atoms with Gasteiger partial charge in [0.1, 0.15) is 0 Å². The summed E-state index contributed by atoms with van der Waals surface area (Å²) in [5, 5.41) is 7.73. The zero-order chi connectivity index (χ0) is 15.2. The monoisotopic (exact) mass is 494 g/mol. The predicted molar refractivity (Wildman–Crippen MR) is 108 cm³/mol. The van der Waals surface area contributed by atoms with Gasteiger partial charge in [0.2, 0.25) is 0 Å². The molecule has 2 aromatic rings. The van der Waals surface area contributed by atoms with Gasteiger partial charge >= 0.3 is 0 Å². The van der Waals surface area contributed by atoms with Crippen molar-refractivity contribution in [2.75, 3.05) is 7.05 Å². The molecule has 0 atom stereocenters. The van der Waals surface area contributed by atoms with E-state index >= 15 is 0 Å². The van der Waals surface area contributed by atoms with Crippen molar-refractivity contribution in [2.45, 2.75) is 26.9 Å². The van der Waals surface area contributed by atoms with E-state index < -0.39 is 0 Å². The summed E-state index contributed by atoms with van der Waals surface area (Å²) >= 11 is 5.20. The lowest BCUT2D eigenvalue weighted by Gasteiger charge is -2.11. The molecule has 0 spiro atoms. The first-order valence-electron chi connectivity index (χ1n) is 6.70. The second-order valence-electron chi connectivity index (χ2n) is 4.65. The number of benzene rings is 1. The largest absolute Gasteiger partial charge is 0.352 e. The Morgan fingerprint density at radius 2 is 2.00 bits per heavy atom. The van der Waals surface area contributed by atoms with Crippen LogP contribution >= 0.6 is 51.2 Å². The zero-order valence-electron chi connectivity index (χ0n) is 12.8. The van der Waals surface area contributed by atoms with E-state index in [1.807, 2.05) is 26.0 Å². The minimum absolute atomic E-state index is 0. The number of rotatable bonds is 4. The van der Waals surface area contributed by atoms with Gasteiger partial charge in [-0.05, 0) is 31.5 Å². The summed E-state index contributed by atoms with van der Waals surface area (Å²) in [4.78, 5) is 9.92. The number of nitrogens with zero attached hydrogens (tertiary/aromatic N) is 2. The Bertz CT molecular complexity index is 642. The molecule has 0 aliphatic carbocycles. The third kappa shape index (κ3) is 5.85. The van der Waals surface area contributed by atoms with Crippen LogP contribution in [0.2, 0.25) is 0 Å². The van der Waals surface area contributed by atoms with Gasteiger partial charge in [-0.25, -0.2) is 4.98 Å². The fourth-order valence-electron chi connectivity index (χ4n) is 1.95. The molecule has 2 rings (SSSR count). The molecule has 0 saturated carbocycles. The Morgan fingerprint density at radius 1 is 1.27 bits per heavy atom. The first-order chi connectivity index (χ1) is 10.1. The topological polar surface area (TPSA) is 49.3 Å². The SMILES string of the molecule is CN=C(NCc1cccc(Br)c1)NCc1sc(C)nc1C.I. The van der Waals surface area contributed by atoms with Crippen LogP contribution in [0.1, 0.15) is 21.1 Å². The van der Waals surface area contributed by atoms with E-state index in [0.717, 1.165) is 34.2 Å². The predicted octanol–water partition coefficient (Wildman–Crippen LogP) is 4.01. The molecule has 0 saturated heterocycles. The van der Waals surface area contributed by atoms with Gasteiger partial charge in [-0.2, -0.15) is 0 Å². The Morgan fingerprint density at radius 3 is 2.59 bits per heavy atom. The highest BCUT2D eigenvalue weighted by atomic mass is 127. The number of guanidine groups is 1. The molecule has 2 N–H and O–H groups in total. The molecular weight excluding hydrogens is 475 g/mol. The van der Waals surface area contributed by atoms with E-state index in [0.29, 0.717) is 0 Å². The van der Waals surface area contributed by atoms with Gasteiger partial charge in [0.25, 0.3) is 0 Å². The number of nitrogens with one attached hydrogen (secondary N) is 2. The zero-order valence-corrected chi connectivity index (χ0v) is 17.5. The number of halogens is 2. The third-order valence-corrected chi connectivity index (χ3v) is 4.55. The summed E-state index contributed by atoms with van der Waals surface area (Å²) in [6.45, 7) is 5.55. The molecule has 120 valence electrons. The highest BCUT2D eigenvalue weighted by Crippen LogP contribution is 2.16. The number of aliphatic imine (C=N–C) groups is 1. The quantitative estimate of drug-likeness (QED) is 0.383. The highest BCUT2D eigenvalue weighted by Gasteiger charge is 2.05. The summed E-state index contributed by atoms with van der Waals surface area (Å²) in [6.07, 6.45) is 0. The fourth-order valence-corrected chi connectivity index (χ4v) is 3.28. The number of aromatic nitrogens is 1. The van der Waals surface area contributed by atoms with E-state index in [1.54, 1.807) is 18.4 Å². The van der Waals surface area contributed by atoms with Crippen molar-refractivity contribution in [3.63, 3.8) is 0 Å². The number of thiazole rings is 1. The lowest BCUT2D eigenvalue weighted by molar-refractivity contribution is 0.811. The first-order valence-corrected chi connectivity index (χ1v) is 8.31. The van der Waals surface area contributed by atoms with Gasteiger partial charge in [0.15, 0.2) is 5.96 Å². The summed E-state index contributed by atoms with van der Waals surface area (Å²) in [5.74, 6) is 0.792. The molecule has 1 aromatic heterocycles. The Kier molecular flexibility index (Phi) is 8.34. The van der Waals surface area contributed by atoms with Crippen molar-refractivity contribution in [3.8, 4) is 0 Å². The van der Waals surface area contributed by atoms with Crippen LogP contribution in [0.4, 0.5) is 0 Å². The van der Waals surface area contributed by atoms with Crippen molar-refractivity contribution < 1.29 is 0 Å². The molecule has 4 nitrogen and oxygen atoms in total. The van der Waals surface area contributed by atoms with Crippen molar-refractivity contribution in [1.29, 1.82) is 0 Å². The summed E-state index contributed by atoms with van der Waals surface area (Å²) in [7, 11) is 1.78. The molecular formula is C15H20BrIN4S. The number of aryl methyl sites for hydroxylation is 2. The lowest BCUT2D eigenvalue weighted by atomic mass is 10.2. The van der Waals surface area contributed by atoms with Crippen molar-refractivity contribution in [2.24, 2.45) is 4.99 Å². The van der Waals surface area contributed by atoms with Gasteiger partial charge in [0.05, 0.1) is 17.2 Å². The minimum atomic E-state index is 0. The first kappa shape index (κ1) is 19.4. The number of hydrogen-bond acceptors (Lipinski definition) is 3. The molecule has 0 bridgehead atoms. The maximum absolute atomic E-state index is 4.43. The van der Waals surface area contributed by atoms with Crippen LogP contribution < -0.4 is 10.6 Å². The Balaban J connectivity index is 0.00000242. The Hall–Kier alpha value is -0.670. The van der Waals surface area contributed by atoms with Crippen molar-refractivity contribution in [1.82, 2.24) is 15.6 Å². The average molecular weight is 495 g/mol. The highest BCUT2D eigenvalue weighted by molar-refractivity contribution is 14.0. The van der Waals surface area contributed by atoms with E-state index in [1.165, 1.54) is 10.4 Å². The lowest BCUT2D eigenvalue weighted by Crippen LogP contribution is -2.36. The summed E-state index contributed by atoms with van der Waals surface area (Å²) in [6, 6.07) is 8.23. The molecule has 0 fully saturated rings. The number of hydrogen-bond donors (Lipinski definition) is 2. The van der Waals surface area contributed by atoms with Crippen molar-refractivity contribution >= 4 is 57.2 Å². The minimum Gasteiger partial charge on any atom is -0.352 e. The van der Waals surface area contributed by atoms with Crippen LogP contribution in [-0.2, 0) is 13.1 Å². The molecule has 1 aromatic carbocycles. The van der Waals surface area contributed by atoms with Gasteiger partial charge in [0, 0.05) is 22.9 Å². The maximum atomic E-state index is 4.43. The van der Waals surface area contributed by atoms with Crippen LogP contribution in [0.25, 0.3) is 0 Å². The molecule has 0 radical (unpaired) electrons. The molecule has 0 unspecified atom stereocenters. The van der Waals surface area contributed by atoms with E-state index in [4.69, 9.17) is 0 Å². The second-order valence-corrected chi connectivity index (χ2v) is 6.85.